The van der Waals surface area contributed by atoms with Gasteiger partial charge >= 0.3 is 0 Å². The van der Waals surface area contributed by atoms with Crippen LogP contribution in [0.2, 0.25) is 0 Å². The van der Waals surface area contributed by atoms with E-state index in [4.69, 9.17) is 0 Å². The molecular weight excluding hydrogens is 326 g/mol. The van der Waals surface area contributed by atoms with Crippen LogP contribution in [0.15, 0.2) is 35.2 Å². The molecule has 1 unspecified atom stereocenters. The molecule has 0 aromatic heterocycles. The van der Waals surface area contributed by atoms with Gasteiger partial charge in [-0.25, -0.2) is 8.42 Å². The molecule has 2 aliphatic heterocycles. The Kier molecular flexibility index (Phi) is 5.53. The molecule has 7 heteroatoms. The zero-order valence-electron chi connectivity index (χ0n) is 13.9. The van der Waals surface area contributed by atoms with Crippen LogP contribution >= 0.6 is 0 Å². The highest BCUT2D eigenvalue weighted by atomic mass is 32.2. The van der Waals surface area contributed by atoms with E-state index in [1.807, 2.05) is 4.90 Å². The van der Waals surface area contributed by atoms with Crippen LogP contribution in [0, 0.1) is 0 Å². The van der Waals surface area contributed by atoms with Crippen LogP contribution in [0.3, 0.4) is 0 Å². The van der Waals surface area contributed by atoms with E-state index in [9.17, 15) is 13.2 Å². The van der Waals surface area contributed by atoms with Gasteiger partial charge < -0.3 is 10.2 Å². The molecule has 24 heavy (non-hydrogen) atoms. The molecule has 0 aliphatic carbocycles. The quantitative estimate of drug-likeness (QED) is 0.884. The molecule has 1 N–H and O–H groups in total. The first-order valence-electron chi connectivity index (χ1n) is 8.67. The minimum atomic E-state index is -3.63. The number of benzene rings is 1. The number of carbonyl (C=O) groups is 1. The largest absolute Gasteiger partial charge is 0.340 e. The molecule has 2 heterocycles. The Labute approximate surface area is 143 Å². The highest BCUT2D eigenvalue weighted by Crippen LogP contribution is 2.26. The predicted molar refractivity (Wildman–Crippen MR) is 92.0 cm³/mol. The summed E-state index contributed by atoms with van der Waals surface area (Å²) in [4.78, 5) is 15.1. The van der Waals surface area contributed by atoms with Crippen LogP contribution in [-0.4, -0.2) is 62.3 Å². The van der Waals surface area contributed by atoms with Crippen LogP contribution < -0.4 is 5.32 Å². The van der Waals surface area contributed by atoms with Gasteiger partial charge in [-0.15, -0.1) is 0 Å². The average molecular weight is 351 g/mol. The molecule has 0 spiro atoms. The number of hydrogen-bond acceptors (Lipinski definition) is 4. The fourth-order valence-corrected chi connectivity index (χ4v) is 5.12. The van der Waals surface area contributed by atoms with Gasteiger partial charge in [0.25, 0.3) is 0 Å². The van der Waals surface area contributed by atoms with E-state index in [-0.39, 0.29) is 10.8 Å². The van der Waals surface area contributed by atoms with Gasteiger partial charge in [-0.3, -0.25) is 4.79 Å². The first-order valence-corrected chi connectivity index (χ1v) is 10.1. The molecule has 0 bridgehead atoms. The zero-order valence-corrected chi connectivity index (χ0v) is 14.7. The number of nitrogens with zero attached hydrogens (tertiary/aromatic N) is 2. The molecule has 1 atom stereocenters. The minimum absolute atomic E-state index is 0.0436. The first-order chi connectivity index (χ1) is 11.6. The van der Waals surface area contributed by atoms with Gasteiger partial charge in [0.1, 0.15) is 6.04 Å². The van der Waals surface area contributed by atoms with Crippen molar-refractivity contribution in [2.45, 2.75) is 36.6 Å². The summed E-state index contributed by atoms with van der Waals surface area (Å²) in [6, 6.07) is 7.86. The summed E-state index contributed by atoms with van der Waals surface area (Å²) in [5, 5.41) is 3.28. The Bertz CT molecular complexity index is 655. The third-order valence-electron chi connectivity index (χ3n) is 4.74. The second kappa shape index (κ2) is 7.63. The van der Waals surface area contributed by atoms with Gasteiger partial charge in [0.15, 0.2) is 0 Å². The smallest absolute Gasteiger partial charge is 0.243 e. The topological polar surface area (TPSA) is 69.7 Å². The van der Waals surface area contributed by atoms with Crippen LogP contribution in [0.25, 0.3) is 0 Å². The van der Waals surface area contributed by atoms with E-state index in [0.717, 1.165) is 32.4 Å². The van der Waals surface area contributed by atoms with E-state index >= 15 is 0 Å². The van der Waals surface area contributed by atoms with Gasteiger partial charge in [-0.05, 0) is 37.9 Å². The van der Waals surface area contributed by atoms with Crippen LogP contribution in [0.5, 0.6) is 0 Å². The van der Waals surface area contributed by atoms with Crippen LogP contribution in [0.1, 0.15) is 25.7 Å². The maximum absolute atomic E-state index is 13.0. The molecule has 2 aliphatic rings. The predicted octanol–water partition coefficient (Wildman–Crippen LogP) is 1.05. The Morgan fingerprint density at radius 3 is 2.58 bits per heavy atom. The Hall–Kier alpha value is -1.44. The second-order valence-electron chi connectivity index (χ2n) is 6.37. The van der Waals surface area contributed by atoms with Gasteiger partial charge in [0, 0.05) is 26.2 Å². The molecule has 1 aromatic rings. The molecule has 0 radical (unpaired) electrons. The summed E-state index contributed by atoms with van der Waals surface area (Å²) < 4.78 is 27.4. The van der Waals surface area contributed by atoms with E-state index < -0.39 is 16.1 Å². The number of amides is 1. The van der Waals surface area contributed by atoms with E-state index in [1.54, 1.807) is 30.3 Å². The Balaban J connectivity index is 1.84. The molecule has 2 fully saturated rings. The SMILES string of the molecule is O=C(C1CCCCN1S(=O)(=O)c1ccccc1)N1CCCNCC1. The summed E-state index contributed by atoms with van der Waals surface area (Å²) in [6.07, 6.45) is 3.21. The van der Waals surface area contributed by atoms with Crippen molar-refractivity contribution in [3.8, 4) is 0 Å². The van der Waals surface area contributed by atoms with E-state index in [2.05, 4.69) is 5.32 Å². The molecule has 1 amide bonds. The van der Waals surface area contributed by atoms with Gasteiger partial charge in [0.2, 0.25) is 15.9 Å². The minimum Gasteiger partial charge on any atom is -0.340 e. The number of sulfonamides is 1. The molecule has 2 saturated heterocycles. The fraction of sp³-hybridized carbons (Fsp3) is 0.588. The van der Waals surface area contributed by atoms with Crippen molar-refractivity contribution in [2.75, 3.05) is 32.7 Å². The van der Waals surface area contributed by atoms with Crippen molar-refractivity contribution in [3.63, 3.8) is 0 Å². The highest BCUT2D eigenvalue weighted by Gasteiger charge is 2.39. The molecule has 132 valence electrons. The van der Waals surface area contributed by atoms with E-state index in [1.165, 1.54) is 4.31 Å². The van der Waals surface area contributed by atoms with Crippen molar-refractivity contribution < 1.29 is 13.2 Å². The molecular formula is C17H25N3O3S. The maximum Gasteiger partial charge on any atom is 0.243 e. The molecule has 0 saturated carbocycles. The number of rotatable bonds is 3. The number of hydrogen-bond donors (Lipinski definition) is 1. The Morgan fingerprint density at radius 2 is 1.79 bits per heavy atom. The van der Waals surface area contributed by atoms with Gasteiger partial charge in [-0.2, -0.15) is 4.31 Å². The van der Waals surface area contributed by atoms with Crippen LogP contribution in [0.4, 0.5) is 0 Å². The number of piperidine rings is 1. The van der Waals surface area contributed by atoms with Crippen molar-refractivity contribution in [2.24, 2.45) is 0 Å². The van der Waals surface area contributed by atoms with Crippen molar-refractivity contribution in [1.82, 2.24) is 14.5 Å². The maximum atomic E-state index is 13.0. The summed E-state index contributed by atoms with van der Waals surface area (Å²) in [5.41, 5.74) is 0. The summed E-state index contributed by atoms with van der Waals surface area (Å²) in [5.74, 6) is -0.0436. The van der Waals surface area contributed by atoms with Crippen molar-refractivity contribution >= 4 is 15.9 Å². The second-order valence-corrected chi connectivity index (χ2v) is 8.26. The van der Waals surface area contributed by atoms with Crippen LogP contribution in [-0.2, 0) is 14.8 Å². The Morgan fingerprint density at radius 1 is 1.00 bits per heavy atom. The lowest BCUT2D eigenvalue weighted by Crippen LogP contribution is -2.53. The fourth-order valence-electron chi connectivity index (χ4n) is 3.44. The average Bonchev–Trinajstić information content (AvgIpc) is 2.91. The normalized spacial score (nSPS) is 23.7. The number of nitrogens with one attached hydrogen (secondary N) is 1. The highest BCUT2D eigenvalue weighted by molar-refractivity contribution is 7.89. The standard InChI is InChI=1S/C17H25N3O3S/c21-17(19-12-6-10-18-11-14-19)16-9-4-5-13-20(16)24(22,23)15-7-2-1-3-8-15/h1-3,7-8,16,18H,4-6,9-14H2. The van der Waals surface area contributed by atoms with Gasteiger partial charge in [0.05, 0.1) is 4.90 Å². The molecule has 1 aromatic carbocycles. The van der Waals surface area contributed by atoms with Crippen molar-refractivity contribution in [3.05, 3.63) is 30.3 Å². The first kappa shape index (κ1) is 17.4. The lowest BCUT2D eigenvalue weighted by Gasteiger charge is -2.36. The lowest BCUT2D eigenvalue weighted by atomic mass is 10.0. The summed E-state index contributed by atoms with van der Waals surface area (Å²) >= 11 is 0. The van der Waals surface area contributed by atoms with E-state index in [0.29, 0.717) is 26.1 Å². The third-order valence-corrected chi connectivity index (χ3v) is 6.66. The lowest BCUT2D eigenvalue weighted by molar-refractivity contribution is -0.136. The summed E-state index contributed by atoms with van der Waals surface area (Å²) in [7, 11) is -3.63. The summed E-state index contributed by atoms with van der Waals surface area (Å²) in [6.45, 7) is 3.43. The zero-order chi connectivity index (χ0) is 17.0. The number of carbonyl (C=O) groups excluding carboxylic acids is 1. The van der Waals surface area contributed by atoms with Crippen molar-refractivity contribution in [1.29, 1.82) is 0 Å². The third kappa shape index (κ3) is 3.63. The molecule has 3 rings (SSSR count). The monoisotopic (exact) mass is 351 g/mol. The molecule has 6 nitrogen and oxygen atoms in total. The van der Waals surface area contributed by atoms with Gasteiger partial charge in [-0.1, -0.05) is 24.6 Å².